The summed E-state index contributed by atoms with van der Waals surface area (Å²) in [6, 6.07) is 10.5. The molecule has 2 heterocycles. The first-order chi connectivity index (χ1) is 11.2. The molecule has 2 N–H and O–H groups in total. The number of hydrogen-bond acceptors (Lipinski definition) is 4. The van der Waals surface area contributed by atoms with Gasteiger partial charge in [0.25, 0.3) is 5.91 Å². The second-order valence-corrected chi connectivity index (χ2v) is 6.05. The predicted octanol–water partition coefficient (Wildman–Crippen LogP) is 0.661. The van der Waals surface area contributed by atoms with Gasteiger partial charge in [-0.2, -0.15) is 5.26 Å². The van der Waals surface area contributed by atoms with Crippen LogP contribution in [0.2, 0.25) is 0 Å². The number of carbonyl (C=O) groups excluding carboxylic acids is 2. The maximum Gasteiger partial charge on any atom is 0.251 e. The minimum Gasteiger partial charge on any atom is -0.348 e. The Hall–Kier alpha value is -2.39. The van der Waals surface area contributed by atoms with Crippen molar-refractivity contribution < 1.29 is 9.59 Å². The van der Waals surface area contributed by atoms with Gasteiger partial charge in [0.05, 0.1) is 12.1 Å². The van der Waals surface area contributed by atoms with Crippen LogP contribution in [0.5, 0.6) is 0 Å². The molecule has 6 nitrogen and oxygen atoms in total. The van der Waals surface area contributed by atoms with E-state index in [0.29, 0.717) is 25.1 Å². The Kier molecular flexibility index (Phi) is 4.58. The summed E-state index contributed by atoms with van der Waals surface area (Å²) >= 11 is 0. The van der Waals surface area contributed by atoms with Crippen molar-refractivity contribution in [1.29, 1.82) is 5.26 Å². The first-order valence-electron chi connectivity index (χ1n) is 7.98. The van der Waals surface area contributed by atoms with Gasteiger partial charge in [0.2, 0.25) is 5.91 Å². The smallest absolute Gasteiger partial charge is 0.251 e. The number of nitriles is 1. The van der Waals surface area contributed by atoms with Gasteiger partial charge >= 0.3 is 0 Å². The normalized spacial score (nSPS) is 26.7. The molecule has 2 saturated heterocycles. The Bertz CT molecular complexity index is 625. The van der Waals surface area contributed by atoms with Gasteiger partial charge in [0.15, 0.2) is 0 Å². The van der Waals surface area contributed by atoms with E-state index in [2.05, 4.69) is 16.7 Å². The first-order valence-corrected chi connectivity index (χ1v) is 7.98. The quantitative estimate of drug-likeness (QED) is 0.859. The molecule has 0 aromatic heterocycles. The van der Waals surface area contributed by atoms with E-state index in [1.54, 1.807) is 17.0 Å². The van der Waals surface area contributed by atoms with Gasteiger partial charge in [-0.25, -0.2) is 0 Å². The lowest BCUT2D eigenvalue weighted by atomic mass is 10.1. The molecule has 2 aliphatic rings. The summed E-state index contributed by atoms with van der Waals surface area (Å²) in [6.07, 6.45) is 2.19. The van der Waals surface area contributed by atoms with Gasteiger partial charge in [-0.3, -0.25) is 9.59 Å². The molecular weight excluding hydrogens is 292 g/mol. The molecule has 2 unspecified atom stereocenters. The summed E-state index contributed by atoms with van der Waals surface area (Å²) in [5.41, 5.74) is 0.617. The van der Waals surface area contributed by atoms with Gasteiger partial charge in [-0.15, -0.1) is 0 Å². The zero-order valence-electron chi connectivity index (χ0n) is 12.9. The highest BCUT2D eigenvalue weighted by Crippen LogP contribution is 2.20. The average molecular weight is 312 g/mol. The van der Waals surface area contributed by atoms with Gasteiger partial charge in [0, 0.05) is 24.7 Å². The monoisotopic (exact) mass is 312 g/mol. The lowest BCUT2D eigenvalue weighted by molar-refractivity contribution is -0.133. The number of nitrogens with one attached hydrogen (secondary N) is 2. The van der Waals surface area contributed by atoms with Crippen LogP contribution in [-0.4, -0.2) is 47.9 Å². The van der Waals surface area contributed by atoms with Crippen LogP contribution in [0.4, 0.5) is 0 Å². The SMILES string of the molecule is N#C[C@@H]1CCCN1C(=O)C1CC(NC(=O)c2ccccc2)CN1. The second kappa shape index (κ2) is 6.80. The molecule has 1 aromatic carbocycles. The molecule has 2 aliphatic heterocycles. The zero-order valence-corrected chi connectivity index (χ0v) is 12.9. The molecule has 2 amide bonds. The lowest BCUT2D eigenvalue weighted by Gasteiger charge is -2.23. The maximum atomic E-state index is 12.5. The average Bonchev–Trinajstić information content (AvgIpc) is 3.24. The third-order valence-corrected chi connectivity index (χ3v) is 4.49. The molecular formula is C17H20N4O2. The number of amides is 2. The van der Waals surface area contributed by atoms with Crippen molar-refractivity contribution in [2.24, 2.45) is 0 Å². The Balaban J connectivity index is 1.55. The Morgan fingerprint density at radius 3 is 2.83 bits per heavy atom. The third-order valence-electron chi connectivity index (χ3n) is 4.49. The van der Waals surface area contributed by atoms with Crippen LogP contribution in [0.1, 0.15) is 29.6 Å². The minimum absolute atomic E-state index is 0.0227. The summed E-state index contributed by atoms with van der Waals surface area (Å²) in [7, 11) is 0. The molecule has 120 valence electrons. The Morgan fingerprint density at radius 2 is 2.09 bits per heavy atom. The van der Waals surface area contributed by atoms with E-state index in [1.165, 1.54) is 0 Å². The molecule has 0 aliphatic carbocycles. The van der Waals surface area contributed by atoms with Crippen molar-refractivity contribution in [3.63, 3.8) is 0 Å². The molecule has 1 aromatic rings. The van der Waals surface area contributed by atoms with Crippen LogP contribution in [0.15, 0.2) is 30.3 Å². The van der Waals surface area contributed by atoms with Crippen LogP contribution in [0, 0.1) is 11.3 Å². The van der Waals surface area contributed by atoms with E-state index < -0.39 is 0 Å². The molecule has 0 bridgehead atoms. The topological polar surface area (TPSA) is 85.2 Å². The zero-order chi connectivity index (χ0) is 16.2. The van der Waals surface area contributed by atoms with Gasteiger partial charge in [-0.05, 0) is 31.4 Å². The number of nitrogens with zero attached hydrogens (tertiary/aromatic N) is 2. The highest BCUT2D eigenvalue weighted by atomic mass is 16.2. The standard InChI is InChI=1S/C17H20N4O2/c18-10-14-7-4-8-21(14)17(23)15-9-13(11-19-15)20-16(22)12-5-2-1-3-6-12/h1-3,5-6,13-15,19H,4,7-9,11H2,(H,20,22)/t13?,14-,15?/m0/s1. The van der Waals surface area contributed by atoms with E-state index in [0.717, 1.165) is 12.8 Å². The van der Waals surface area contributed by atoms with Crippen LogP contribution in [0.25, 0.3) is 0 Å². The third kappa shape index (κ3) is 3.35. The summed E-state index contributed by atoms with van der Waals surface area (Å²) in [6.45, 7) is 1.22. The lowest BCUT2D eigenvalue weighted by Crippen LogP contribution is -2.45. The molecule has 3 atom stereocenters. The Morgan fingerprint density at radius 1 is 1.30 bits per heavy atom. The fraction of sp³-hybridized carbons (Fsp3) is 0.471. The molecule has 3 rings (SSSR count). The first kappa shape index (κ1) is 15.5. The van der Waals surface area contributed by atoms with E-state index in [-0.39, 0.29) is 29.9 Å². The van der Waals surface area contributed by atoms with Crippen LogP contribution in [-0.2, 0) is 4.79 Å². The number of likely N-dealkylation sites (tertiary alicyclic amines) is 1. The van der Waals surface area contributed by atoms with Crippen molar-refractivity contribution in [1.82, 2.24) is 15.5 Å². The number of benzene rings is 1. The largest absolute Gasteiger partial charge is 0.348 e. The molecule has 23 heavy (non-hydrogen) atoms. The van der Waals surface area contributed by atoms with Crippen molar-refractivity contribution in [3.05, 3.63) is 35.9 Å². The second-order valence-electron chi connectivity index (χ2n) is 6.05. The van der Waals surface area contributed by atoms with Gasteiger partial charge < -0.3 is 15.5 Å². The van der Waals surface area contributed by atoms with Gasteiger partial charge in [-0.1, -0.05) is 18.2 Å². The molecule has 2 fully saturated rings. The van der Waals surface area contributed by atoms with E-state index >= 15 is 0 Å². The summed E-state index contributed by atoms with van der Waals surface area (Å²) in [5.74, 6) is -0.146. The highest BCUT2D eigenvalue weighted by Gasteiger charge is 2.37. The van der Waals surface area contributed by atoms with Crippen molar-refractivity contribution in [2.45, 2.75) is 37.4 Å². The molecule has 6 heteroatoms. The predicted molar refractivity (Wildman–Crippen MR) is 84.5 cm³/mol. The summed E-state index contributed by atoms with van der Waals surface area (Å²) in [5, 5.41) is 15.2. The van der Waals surface area contributed by atoms with Crippen molar-refractivity contribution in [3.8, 4) is 6.07 Å². The fourth-order valence-corrected chi connectivity index (χ4v) is 3.26. The Labute approximate surface area is 135 Å². The number of rotatable bonds is 3. The van der Waals surface area contributed by atoms with Crippen LogP contribution >= 0.6 is 0 Å². The van der Waals surface area contributed by atoms with E-state index in [1.807, 2.05) is 18.2 Å². The van der Waals surface area contributed by atoms with Crippen molar-refractivity contribution >= 4 is 11.8 Å². The molecule has 0 spiro atoms. The molecule has 0 radical (unpaired) electrons. The summed E-state index contributed by atoms with van der Waals surface area (Å²) in [4.78, 5) is 26.3. The number of hydrogen-bond donors (Lipinski definition) is 2. The molecule has 0 saturated carbocycles. The number of carbonyl (C=O) groups is 2. The van der Waals surface area contributed by atoms with Crippen LogP contribution < -0.4 is 10.6 Å². The fourth-order valence-electron chi connectivity index (χ4n) is 3.26. The summed E-state index contributed by atoms with van der Waals surface area (Å²) < 4.78 is 0. The minimum atomic E-state index is -0.315. The van der Waals surface area contributed by atoms with E-state index in [4.69, 9.17) is 5.26 Å². The van der Waals surface area contributed by atoms with E-state index in [9.17, 15) is 9.59 Å². The highest BCUT2D eigenvalue weighted by molar-refractivity contribution is 5.94. The van der Waals surface area contributed by atoms with Crippen molar-refractivity contribution in [2.75, 3.05) is 13.1 Å². The van der Waals surface area contributed by atoms with Gasteiger partial charge in [0.1, 0.15) is 6.04 Å². The maximum absolute atomic E-state index is 12.5. The van der Waals surface area contributed by atoms with Crippen LogP contribution in [0.3, 0.4) is 0 Å².